The van der Waals surface area contributed by atoms with Crippen LogP contribution in [0.1, 0.15) is 29.2 Å². The fraction of sp³-hybridized carbons (Fsp3) is 0.409. The van der Waals surface area contributed by atoms with Crippen molar-refractivity contribution in [2.24, 2.45) is 5.92 Å². The average Bonchev–Trinajstić information content (AvgIpc) is 3.34. The zero-order chi connectivity index (χ0) is 23.8. The first-order valence-corrected chi connectivity index (χ1v) is 12.8. The molecule has 1 atom stereocenters. The Morgan fingerprint density at radius 3 is 2.61 bits per heavy atom. The molecule has 1 amide bonds. The van der Waals surface area contributed by atoms with Crippen LogP contribution >= 0.6 is 11.3 Å². The number of hydrogen-bond donors (Lipinski definition) is 1. The van der Waals surface area contributed by atoms with Crippen molar-refractivity contribution >= 4 is 32.4 Å². The maximum atomic E-state index is 13.1. The highest BCUT2D eigenvalue weighted by Crippen LogP contribution is 2.33. The van der Waals surface area contributed by atoms with E-state index >= 15 is 0 Å². The van der Waals surface area contributed by atoms with Crippen LogP contribution in [-0.2, 0) is 14.8 Å². The smallest absolute Gasteiger partial charge is 0.248 e. The molecule has 3 aromatic rings. The monoisotopic (exact) mass is 490 g/mol. The van der Waals surface area contributed by atoms with Crippen molar-refractivity contribution in [2.75, 3.05) is 25.5 Å². The van der Waals surface area contributed by atoms with Crippen LogP contribution in [0.3, 0.4) is 0 Å². The molecule has 0 bridgehead atoms. The van der Waals surface area contributed by atoms with Gasteiger partial charge in [-0.05, 0) is 57.9 Å². The number of hydrogen-bond acceptors (Lipinski definition) is 8. The van der Waals surface area contributed by atoms with Crippen molar-refractivity contribution in [1.82, 2.24) is 14.4 Å². The first-order valence-electron chi connectivity index (χ1n) is 10.6. The number of nitrogens with zero attached hydrogens (tertiary/aromatic N) is 3. The van der Waals surface area contributed by atoms with E-state index in [0.29, 0.717) is 30.2 Å². The molecule has 1 fully saturated rings. The van der Waals surface area contributed by atoms with E-state index in [4.69, 9.17) is 9.26 Å². The minimum absolute atomic E-state index is 0.0863. The van der Waals surface area contributed by atoms with Crippen molar-refractivity contribution in [1.29, 1.82) is 0 Å². The second-order valence-corrected chi connectivity index (χ2v) is 11.1. The van der Waals surface area contributed by atoms with Crippen molar-refractivity contribution in [3.05, 3.63) is 40.6 Å². The summed E-state index contributed by atoms with van der Waals surface area (Å²) < 4.78 is 37.9. The summed E-state index contributed by atoms with van der Waals surface area (Å²) in [6, 6.07) is 7.57. The van der Waals surface area contributed by atoms with E-state index in [2.05, 4.69) is 15.5 Å². The highest BCUT2D eigenvalue weighted by atomic mass is 32.2. The lowest BCUT2D eigenvalue weighted by molar-refractivity contribution is -0.120. The van der Waals surface area contributed by atoms with Gasteiger partial charge in [0.05, 0.1) is 18.7 Å². The molecule has 1 saturated heterocycles. The van der Waals surface area contributed by atoms with Gasteiger partial charge in [-0.25, -0.2) is 13.4 Å². The average molecular weight is 491 g/mol. The number of carbonyl (C=O) groups excluding carboxylic acids is 1. The molecule has 11 heteroatoms. The van der Waals surface area contributed by atoms with Crippen molar-refractivity contribution in [3.8, 4) is 17.0 Å². The summed E-state index contributed by atoms with van der Waals surface area (Å²) >= 11 is 1.39. The van der Waals surface area contributed by atoms with E-state index < -0.39 is 15.9 Å². The Balaban J connectivity index is 1.48. The largest absolute Gasteiger partial charge is 0.497 e. The van der Waals surface area contributed by atoms with Crippen LogP contribution in [0.4, 0.5) is 5.13 Å². The number of piperidine rings is 1. The van der Waals surface area contributed by atoms with E-state index in [-0.39, 0.29) is 23.1 Å². The number of aryl methyl sites for hydroxylation is 3. The van der Waals surface area contributed by atoms with E-state index in [0.717, 1.165) is 21.9 Å². The fourth-order valence-corrected chi connectivity index (χ4v) is 6.67. The van der Waals surface area contributed by atoms with Crippen LogP contribution in [0.25, 0.3) is 11.3 Å². The summed E-state index contributed by atoms with van der Waals surface area (Å²) in [5.74, 6) is 0.309. The molecule has 1 aromatic carbocycles. The van der Waals surface area contributed by atoms with Gasteiger partial charge in [-0.2, -0.15) is 4.31 Å². The maximum absolute atomic E-state index is 13.1. The topological polar surface area (TPSA) is 115 Å². The normalized spacial score (nSPS) is 17.2. The molecule has 1 N–H and O–H groups in total. The first kappa shape index (κ1) is 23.4. The Labute approximate surface area is 196 Å². The number of aromatic nitrogens is 2. The second-order valence-electron chi connectivity index (χ2n) is 8.00. The predicted molar refractivity (Wildman–Crippen MR) is 125 cm³/mol. The van der Waals surface area contributed by atoms with E-state index in [1.807, 2.05) is 31.2 Å². The second kappa shape index (κ2) is 9.24. The summed E-state index contributed by atoms with van der Waals surface area (Å²) in [7, 11) is -2.18. The van der Waals surface area contributed by atoms with Gasteiger partial charge in [-0.3, -0.25) is 4.79 Å². The molecule has 176 valence electrons. The first-order chi connectivity index (χ1) is 15.7. The Kier molecular flexibility index (Phi) is 6.55. The summed E-state index contributed by atoms with van der Waals surface area (Å²) in [5, 5.41) is 7.14. The third-order valence-corrected chi connectivity index (χ3v) is 8.71. The van der Waals surface area contributed by atoms with Gasteiger partial charge >= 0.3 is 0 Å². The minimum atomic E-state index is -3.79. The van der Waals surface area contributed by atoms with E-state index in [9.17, 15) is 13.2 Å². The molecular weight excluding hydrogens is 464 g/mol. The van der Waals surface area contributed by atoms with Gasteiger partial charge in [-0.1, -0.05) is 5.16 Å². The van der Waals surface area contributed by atoms with Crippen molar-refractivity contribution in [2.45, 2.75) is 38.5 Å². The lowest BCUT2D eigenvalue weighted by Crippen LogP contribution is -2.43. The van der Waals surface area contributed by atoms with Gasteiger partial charge in [-0.15, -0.1) is 11.3 Å². The van der Waals surface area contributed by atoms with Gasteiger partial charge in [0.2, 0.25) is 15.9 Å². The molecule has 0 unspecified atom stereocenters. The van der Waals surface area contributed by atoms with Gasteiger partial charge in [0.1, 0.15) is 16.3 Å². The molecule has 9 nitrogen and oxygen atoms in total. The molecule has 1 aliphatic rings. The number of sulfonamides is 1. The molecule has 0 spiro atoms. The van der Waals surface area contributed by atoms with Gasteiger partial charge in [0, 0.05) is 23.5 Å². The zero-order valence-electron chi connectivity index (χ0n) is 18.9. The van der Waals surface area contributed by atoms with Gasteiger partial charge in [0.15, 0.2) is 10.9 Å². The van der Waals surface area contributed by atoms with Gasteiger partial charge in [0.25, 0.3) is 0 Å². The molecule has 33 heavy (non-hydrogen) atoms. The van der Waals surface area contributed by atoms with E-state index in [1.54, 1.807) is 21.0 Å². The molecule has 0 saturated carbocycles. The zero-order valence-corrected chi connectivity index (χ0v) is 20.5. The Bertz CT molecular complexity index is 1240. The number of nitrogens with one attached hydrogen (secondary N) is 1. The number of rotatable bonds is 6. The number of amides is 1. The molecule has 4 rings (SSSR count). The standard InChI is InChI=1S/C22H26N4O5S2/c1-13-20(14(2)31-25-13)33(28,29)26-11-5-6-17(12-26)21(27)24-22-23-19(15(3)32-22)16-7-9-18(30-4)10-8-16/h7-10,17H,5-6,11-12H2,1-4H3,(H,23,24,27)/t17-/m1/s1. The fourth-order valence-electron chi connectivity index (χ4n) is 4.02. The number of thiazole rings is 1. The molecule has 0 radical (unpaired) electrons. The summed E-state index contributed by atoms with van der Waals surface area (Å²) in [5.41, 5.74) is 2.05. The molecule has 2 aromatic heterocycles. The van der Waals surface area contributed by atoms with Crippen molar-refractivity contribution in [3.63, 3.8) is 0 Å². The quantitative estimate of drug-likeness (QED) is 0.559. The number of ether oxygens (including phenoxy) is 1. The highest BCUT2D eigenvalue weighted by Gasteiger charge is 2.36. The SMILES string of the molecule is COc1ccc(-c2nc(NC(=O)[C@@H]3CCCN(S(=O)(=O)c4c(C)noc4C)C3)sc2C)cc1. The van der Waals surface area contributed by atoms with Crippen LogP contribution in [-0.4, -0.2) is 49.0 Å². The molecule has 1 aliphatic heterocycles. The minimum Gasteiger partial charge on any atom is -0.497 e. The number of benzene rings is 1. The predicted octanol–water partition coefficient (Wildman–Crippen LogP) is 3.77. The van der Waals surface area contributed by atoms with Crippen LogP contribution in [0.5, 0.6) is 5.75 Å². The van der Waals surface area contributed by atoms with Crippen LogP contribution in [0.15, 0.2) is 33.7 Å². The molecule has 0 aliphatic carbocycles. The lowest BCUT2D eigenvalue weighted by atomic mass is 9.99. The third kappa shape index (κ3) is 4.66. The maximum Gasteiger partial charge on any atom is 0.248 e. The van der Waals surface area contributed by atoms with Crippen molar-refractivity contribution < 1.29 is 22.5 Å². The summed E-state index contributed by atoms with van der Waals surface area (Å²) in [6.45, 7) is 5.59. The number of carbonyl (C=O) groups is 1. The Morgan fingerprint density at radius 2 is 1.97 bits per heavy atom. The lowest BCUT2D eigenvalue weighted by Gasteiger charge is -2.30. The van der Waals surface area contributed by atoms with Crippen LogP contribution in [0, 0.1) is 26.7 Å². The third-order valence-electron chi connectivity index (χ3n) is 5.71. The van der Waals surface area contributed by atoms with Crippen LogP contribution in [0.2, 0.25) is 0 Å². The Morgan fingerprint density at radius 1 is 1.24 bits per heavy atom. The summed E-state index contributed by atoms with van der Waals surface area (Å²) in [6.07, 6.45) is 1.20. The highest BCUT2D eigenvalue weighted by molar-refractivity contribution is 7.89. The number of methoxy groups -OCH3 is 1. The van der Waals surface area contributed by atoms with Crippen LogP contribution < -0.4 is 10.1 Å². The Hall–Kier alpha value is -2.76. The number of anilines is 1. The van der Waals surface area contributed by atoms with E-state index in [1.165, 1.54) is 15.6 Å². The molecular formula is C22H26N4O5S2. The summed E-state index contributed by atoms with van der Waals surface area (Å²) in [4.78, 5) is 18.6. The van der Waals surface area contributed by atoms with Gasteiger partial charge < -0.3 is 14.6 Å². The molecule has 3 heterocycles.